The van der Waals surface area contributed by atoms with Crippen LogP contribution in [0, 0.1) is 5.92 Å². The van der Waals surface area contributed by atoms with Gasteiger partial charge in [-0.05, 0) is 36.5 Å². The molecule has 0 aromatic heterocycles. The number of rotatable bonds is 3. The summed E-state index contributed by atoms with van der Waals surface area (Å²) >= 11 is 0. The van der Waals surface area contributed by atoms with E-state index in [0.29, 0.717) is 5.92 Å². The van der Waals surface area contributed by atoms with Gasteiger partial charge in [-0.15, -0.1) is 0 Å². The Morgan fingerprint density at radius 3 is 2.64 bits per heavy atom. The lowest BCUT2D eigenvalue weighted by molar-refractivity contribution is 0.326. The molecule has 1 aliphatic carbocycles. The predicted octanol–water partition coefficient (Wildman–Crippen LogP) is 2.18. The number of benzene rings is 1. The molecule has 2 rings (SSSR count). The van der Waals surface area contributed by atoms with Crippen LogP contribution in [0.25, 0.3) is 6.08 Å². The van der Waals surface area contributed by atoms with Crippen LogP contribution in [0.1, 0.15) is 18.4 Å². The van der Waals surface area contributed by atoms with E-state index in [2.05, 4.69) is 0 Å². The van der Waals surface area contributed by atoms with E-state index < -0.39 is 0 Å². The quantitative estimate of drug-likeness (QED) is 0.767. The van der Waals surface area contributed by atoms with E-state index in [4.69, 9.17) is 5.11 Å². The van der Waals surface area contributed by atoms with Crippen LogP contribution in [-0.2, 0) is 0 Å². The first kappa shape index (κ1) is 9.28. The van der Waals surface area contributed by atoms with Gasteiger partial charge in [-0.25, -0.2) is 0 Å². The highest BCUT2D eigenvalue weighted by atomic mass is 16.3. The lowest BCUT2D eigenvalue weighted by Crippen LogP contribution is -1.92. The largest absolute Gasteiger partial charge is 0.507 e. The van der Waals surface area contributed by atoms with Crippen LogP contribution in [0.5, 0.6) is 5.75 Å². The maximum Gasteiger partial charge on any atom is 0.122 e. The van der Waals surface area contributed by atoms with Crippen LogP contribution < -0.4 is 0 Å². The smallest absolute Gasteiger partial charge is 0.122 e. The predicted molar refractivity (Wildman–Crippen MR) is 55.9 cm³/mol. The fourth-order valence-corrected chi connectivity index (χ4v) is 1.56. The van der Waals surface area contributed by atoms with Crippen molar-refractivity contribution >= 4 is 6.08 Å². The zero-order valence-corrected chi connectivity index (χ0v) is 7.98. The molecule has 0 unspecified atom stereocenters. The van der Waals surface area contributed by atoms with Gasteiger partial charge in [0.15, 0.2) is 0 Å². The average molecular weight is 190 g/mol. The Labute approximate surface area is 83.5 Å². The Kier molecular flexibility index (Phi) is 2.55. The molecule has 1 aromatic carbocycles. The number of aromatic hydroxyl groups is 1. The van der Waals surface area contributed by atoms with Crippen molar-refractivity contribution in [2.45, 2.75) is 12.8 Å². The molecule has 14 heavy (non-hydrogen) atoms. The molecule has 0 bridgehead atoms. The van der Waals surface area contributed by atoms with Crippen LogP contribution in [0.15, 0.2) is 29.8 Å². The first-order valence-electron chi connectivity index (χ1n) is 4.90. The number of phenolic OH excluding ortho intramolecular Hbond substituents is 1. The number of aliphatic hydroxyl groups is 1. The maximum absolute atomic E-state index is 9.53. The van der Waals surface area contributed by atoms with E-state index in [1.54, 1.807) is 12.1 Å². The zero-order chi connectivity index (χ0) is 9.97. The Morgan fingerprint density at radius 2 is 2.07 bits per heavy atom. The van der Waals surface area contributed by atoms with Crippen molar-refractivity contribution in [1.29, 1.82) is 0 Å². The van der Waals surface area contributed by atoms with Crippen LogP contribution in [-0.4, -0.2) is 16.8 Å². The zero-order valence-electron chi connectivity index (χ0n) is 7.98. The Balaban J connectivity index is 2.26. The second-order valence-electron chi connectivity index (χ2n) is 3.71. The van der Waals surface area contributed by atoms with E-state index in [-0.39, 0.29) is 12.4 Å². The van der Waals surface area contributed by atoms with Gasteiger partial charge >= 0.3 is 0 Å². The topological polar surface area (TPSA) is 40.5 Å². The molecule has 0 saturated heterocycles. The van der Waals surface area contributed by atoms with Gasteiger partial charge in [-0.1, -0.05) is 18.2 Å². The molecule has 2 N–H and O–H groups in total. The molecule has 74 valence electrons. The van der Waals surface area contributed by atoms with Crippen molar-refractivity contribution in [2.75, 3.05) is 6.61 Å². The molecule has 0 aliphatic heterocycles. The van der Waals surface area contributed by atoms with E-state index in [1.165, 1.54) is 12.8 Å². The first-order valence-corrected chi connectivity index (χ1v) is 4.90. The van der Waals surface area contributed by atoms with Gasteiger partial charge in [0.25, 0.3) is 0 Å². The van der Waals surface area contributed by atoms with Crippen molar-refractivity contribution in [3.05, 3.63) is 35.4 Å². The van der Waals surface area contributed by atoms with Gasteiger partial charge in [-0.3, -0.25) is 0 Å². The molecule has 1 fully saturated rings. The summed E-state index contributed by atoms with van der Waals surface area (Å²) in [4.78, 5) is 0. The van der Waals surface area contributed by atoms with Crippen molar-refractivity contribution in [2.24, 2.45) is 5.92 Å². The van der Waals surface area contributed by atoms with Crippen molar-refractivity contribution < 1.29 is 10.2 Å². The maximum atomic E-state index is 9.53. The molecule has 0 spiro atoms. The second-order valence-corrected chi connectivity index (χ2v) is 3.71. The number of hydrogen-bond donors (Lipinski definition) is 2. The first-order chi connectivity index (χ1) is 6.81. The fraction of sp³-hybridized carbons (Fsp3) is 0.333. The van der Waals surface area contributed by atoms with Gasteiger partial charge < -0.3 is 10.2 Å². The SMILES string of the molecule is OC/C(=C\c1ccccc1O)C1CC1. The minimum absolute atomic E-state index is 0.0962. The van der Waals surface area contributed by atoms with Gasteiger partial charge in [0.2, 0.25) is 0 Å². The van der Waals surface area contributed by atoms with Crippen LogP contribution in [0.2, 0.25) is 0 Å². The third-order valence-corrected chi connectivity index (χ3v) is 2.56. The number of hydrogen-bond acceptors (Lipinski definition) is 2. The number of para-hydroxylation sites is 1. The second kappa shape index (κ2) is 3.84. The summed E-state index contributed by atoms with van der Waals surface area (Å²) in [5.74, 6) is 0.818. The summed E-state index contributed by atoms with van der Waals surface area (Å²) in [6.07, 6.45) is 4.23. The van der Waals surface area contributed by atoms with E-state index in [0.717, 1.165) is 11.1 Å². The molecular formula is C12H14O2. The highest BCUT2D eigenvalue weighted by molar-refractivity contribution is 5.60. The lowest BCUT2D eigenvalue weighted by atomic mass is 10.1. The summed E-state index contributed by atoms with van der Waals surface area (Å²) in [5, 5.41) is 18.7. The number of aliphatic hydroxyl groups excluding tert-OH is 1. The summed E-state index contributed by atoms with van der Waals surface area (Å²) < 4.78 is 0. The summed E-state index contributed by atoms with van der Waals surface area (Å²) in [6, 6.07) is 7.19. The fourth-order valence-electron chi connectivity index (χ4n) is 1.56. The molecule has 1 saturated carbocycles. The average Bonchev–Trinajstić information content (AvgIpc) is 3.00. The molecule has 0 atom stereocenters. The Morgan fingerprint density at radius 1 is 1.36 bits per heavy atom. The lowest BCUT2D eigenvalue weighted by Gasteiger charge is -2.03. The third-order valence-electron chi connectivity index (χ3n) is 2.56. The number of phenols is 1. The van der Waals surface area contributed by atoms with Crippen molar-refractivity contribution in [3.8, 4) is 5.75 Å². The van der Waals surface area contributed by atoms with Gasteiger partial charge in [0, 0.05) is 5.56 Å². The summed E-state index contributed by atoms with van der Waals surface area (Å²) in [7, 11) is 0. The van der Waals surface area contributed by atoms with E-state index in [1.807, 2.05) is 18.2 Å². The van der Waals surface area contributed by atoms with Gasteiger partial charge in [0.05, 0.1) is 6.61 Å². The minimum Gasteiger partial charge on any atom is -0.507 e. The van der Waals surface area contributed by atoms with Crippen LogP contribution >= 0.6 is 0 Å². The molecule has 2 nitrogen and oxygen atoms in total. The monoisotopic (exact) mass is 190 g/mol. The molecule has 1 aliphatic rings. The van der Waals surface area contributed by atoms with Crippen molar-refractivity contribution in [3.63, 3.8) is 0 Å². The van der Waals surface area contributed by atoms with Crippen molar-refractivity contribution in [1.82, 2.24) is 0 Å². The van der Waals surface area contributed by atoms with Crippen LogP contribution in [0.3, 0.4) is 0 Å². The van der Waals surface area contributed by atoms with E-state index >= 15 is 0 Å². The van der Waals surface area contributed by atoms with E-state index in [9.17, 15) is 5.11 Å². The normalized spacial score (nSPS) is 17.1. The van der Waals surface area contributed by atoms with Crippen LogP contribution in [0.4, 0.5) is 0 Å². The highest BCUT2D eigenvalue weighted by Gasteiger charge is 2.25. The third kappa shape index (κ3) is 1.96. The summed E-state index contributed by atoms with van der Waals surface area (Å²) in [5.41, 5.74) is 1.83. The summed E-state index contributed by atoms with van der Waals surface area (Å²) in [6.45, 7) is 0.0962. The van der Waals surface area contributed by atoms with Gasteiger partial charge in [0.1, 0.15) is 5.75 Å². The molecule has 0 radical (unpaired) electrons. The standard InChI is InChI=1S/C12H14O2/c13-8-11(9-5-6-9)7-10-3-1-2-4-12(10)14/h1-4,7,9,13-14H,5-6,8H2/b11-7+. The molecule has 0 heterocycles. The van der Waals surface area contributed by atoms with Gasteiger partial charge in [-0.2, -0.15) is 0 Å². The molecule has 0 amide bonds. The Hall–Kier alpha value is -1.28. The molecule has 2 heteroatoms. The molecular weight excluding hydrogens is 176 g/mol. The molecule has 1 aromatic rings. The Bertz CT molecular complexity index is 351. The minimum atomic E-state index is 0.0962. The highest BCUT2D eigenvalue weighted by Crippen LogP contribution is 2.37.